The smallest absolute Gasteiger partial charge is 0.181 e. The van der Waals surface area contributed by atoms with Crippen molar-refractivity contribution in [3.63, 3.8) is 0 Å². The van der Waals surface area contributed by atoms with Gasteiger partial charge in [-0.15, -0.1) is 0 Å². The fourth-order valence-corrected chi connectivity index (χ4v) is 1.83. The predicted octanol–water partition coefficient (Wildman–Crippen LogP) is 2.61. The number of nitrogens with zero attached hydrogens (tertiary/aromatic N) is 2. The zero-order valence-electron chi connectivity index (χ0n) is 10.9. The molecule has 0 aliphatic heterocycles. The van der Waals surface area contributed by atoms with E-state index in [2.05, 4.69) is 36.3 Å². The summed E-state index contributed by atoms with van der Waals surface area (Å²) in [6.45, 7) is 6.88. The standard InChI is InChI=1S/C14H17N3O/c1-10(7-15)16-8-14(2,3)11-4-5-12-13(6-11)18-9-17-12/h4-6,9-10,16H,8H2,1-3H3. The minimum Gasteiger partial charge on any atom is -0.443 e. The van der Waals surface area contributed by atoms with Gasteiger partial charge in [0.15, 0.2) is 12.0 Å². The molecule has 1 aromatic carbocycles. The molecular weight excluding hydrogens is 226 g/mol. The van der Waals surface area contributed by atoms with Crippen LogP contribution in [0.15, 0.2) is 29.0 Å². The first-order valence-electron chi connectivity index (χ1n) is 6.00. The molecule has 2 aromatic rings. The molecule has 1 aromatic heterocycles. The molecule has 0 spiro atoms. The van der Waals surface area contributed by atoms with Gasteiger partial charge in [0.1, 0.15) is 5.52 Å². The highest BCUT2D eigenvalue weighted by atomic mass is 16.3. The molecule has 94 valence electrons. The Kier molecular flexibility index (Phi) is 3.35. The fraction of sp³-hybridized carbons (Fsp3) is 0.429. The molecule has 18 heavy (non-hydrogen) atoms. The molecular formula is C14H17N3O. The molecule has 0 saturated carbocycles. The van der Waals surface area contributed by atoms with E-state index in [-0.39, 0.29) is 11.5 Å². The maximum atomic E-state index is 8.78. The van der Waals surface area contributed by atoms with Gasteiger partial charge in [-0.3, -0.25) is 0 Å². The second-order valence-corrected chi connectivity index (χ2v) is 5.15. The van der Waals surface area contributed by atoms with E-state index in [1.165, 1.54) is 12.0 Å². The maximum Gasteiger partial charge on any atom is 0.181 e. The Morgan fingerprint density at radius 2 is 2.28 bits per heavy atom. The quantitative estimate of drug-likeness (QED) is 0.896. The van der Waals surface area contributed by atoms with Crippen molar-refractivity contribution in [2.24, 2.45) is 0 Å². The molecule has 0 aliphatic rings. The Morgan fingerprint density at radius 1 is 1.50 bits per heavy atom. The Balaban J connectivity index is 2.20. The van der Waals surface area contributed by atoms with E-state index in [0.717, 1.165) is 17.6 Å². The van der Waals surface area contributed by atoms with E-state index in [1.54, 1.807) is 0 Å². The summed E-state index contributed by atoms with van der Waals surface area (Å²) in [5, 5.41) is 12.0. The summed E-state index contributed by atoms with van der Waals surface area (Å²) in [5.74, 6) is 0. The minimum atomic E-state index is -0.140. The number of nitriles is 1. The van der Waals surface area contributed by atoms with Crippen LogP contribution in [0.2, 0.25) is 0 Å². The lowest BCUT2D eigenvalue weighted by molar-refractivity contribution is 0.457. The summed E-state index contributed by atoms with van der Waals surface area (Å²) in [6.07, 6.45) is 1.46. The summed E-state index contributed by atoms with van der Waals surface area (Å²) < 4.78 is 5.32. The summed E-state index contributed by atoms with van der Waals surface area (Å²) in [6, 6.07) is 8.07. The zero-order chi connectivity index (χ0) is 13.2. The highest BCUT2D eigenvalue weighted by Crippen LogP contribution is 2.25. The molecule has 0 amide bonds. The number of oxazole rings is 1. The first-order chi connectivity index (χ1) is 8.53. The Labute approximate surface area is 107 Å². The summed E-state index contributed by atoms with van der Waals surface area (Å²) in [5.41, 5.74) is 2.78. The summed E-state index contributed by atoms with van der Waals surface area (Å²) in [4.78, 5) is 4.10. The molecule has 0 bridgehead atoms. The van der Waals surface area contributed by atoms with E-state index >= 15 is 0 Å². The minimum absolute atomic E-state index is 0.0634. The SMILES string of the molecule is CC(C#N)NCC(C)(C)c1ccc2ncoc2c1. The monoisotopic (exact) mass is 243 g/mol. The maximum absolute atomic E-state index is 8.78. The molecule has 0 saturated heterocycles. The average Bonchev–Trinajstić information content (AvgIpc) is 2.83. The Morgan fingerprint density at radius 3 is 3.00 bits per heavy atom. The number of benzene rings is 1. The molecule has 0 radical (unpaired) electrons. The van der Waals surface area contributed by atoms with Crippen molar-refractivity contribution in [3.8, 4) is 6.07 Å². The predicted molar refractivity (Wildman–Crippen MR) is 70.1 cm³/mol. The van der Waals surface area contributed by atoms with E-state index in [4.69, 9.17) is 9.68 Å². The first kappa shape index (κ1) is 12.6. The number of rotatable bonds is 4. The van der Waals surface area contributed by atoms with Crippen molar-refractivity contribution in [2.75, 3.05) is 6.54 Å². The zero-order valence-corrected chi connectivity index (χ0v) is 10.9. The molecule has 4 nitrogen and oxygen atoms in total. The number of hydrogen-bond donors (Lipinski definition) is 1. The van der Waals surface area contributed by atoms with E-state index in [9.17, 15) is 0 Å². The fourth-order valence-electron chi connectivity index (χ4n) is 1.83. The van der Waals surface area contributed by atoms with Crippen LogP contribution in [0.5, 0.6) is 0 Å². The van der Waals surface area contributed by atoms with Gasteiger partial charge in [0.25, 0.3) is 0 Å². The molecule has 1 atom stereocenters. The van der Waals surface area contributed by atoms with Gasteiger partial charge in [0.2, 0.25) is 0 Å². The van der Waals surface area contributed by atoms with Crippen molar-refractivity contribution < 1.29 is 4.42 Å². The van der Waals surface area contributed by atoms with Crippen LogP contribution in [-0.2, 0) is 5.41 Å². The van der Waals surface area contributed by atoms with Gasteiger partial charge >= 0.3 is 0 Å². The van der Waals surface area contributed by atoms with Crippen LogP contribution in [0.3, 0.4) is 0 Å². The van der Waals surface area contributed by atoms with E-state index in [0.29, 0.717) is 0 Å². The van der Waals surface area contributed by atoms with Crippen molar-refractivity contribution >= 4 is 11.1 Å². The van der Waals surface area contributed by atoms with Crippen LogP contribution >= 0.6 is 0 Å². The molecule has 1 heterocycles. The third-order valence-corrected chi connectivity index (χ3v) is 3.16. The molecule has 1 unspecified atom stereocenters. The molecule has 0 fully saturated rings. The summed E-state index contributed by atoms with van der Waals surface area (Å²) in [7, 11) is 0. The highest BCUT2D eigenvalue weighted by molar-refractivity contribution is 5.73. The van der Waals surface area contributed by atoms with Gasteiger partial charge in [-0.25, -0.2) is 4.98 Å². The van der Waals surface area contributed by atoms with Crippen LogP contribution in [0.1, 0.15) is 26.3 Å². The number of fused-ring (bicyclic) bond motifs is 1. The van der Waals surface area contributed by atoms with E-state index < -0.39 is 0 Å². The molecule has 4 heteroatoms. The van der Waals surface area contributed by atoms with Crippen molar-refractivity contribution in [1.29, 1.82) is 5.26 Å². The third-order valence-electron chi connectivity index (χ3n) is 3.16. The first-order valence-corrected chi connectivity index (χ1v) is 6.00. The number of aromatic nitrogens is 1. The average molecular weight is 243 g/mol. The third kappa shape index (κ3) is 2.52. The van der Waals surface area contributed by atoms with Crippen LogP contribution in [0, 0.1) is 11.3 Å². The number of hydrogen-bond acceptors (Lipinski definition) is 4. The normalized spacial score (nSPS) is 13.4. The van der Waals surface area contributed by atoms with Crippen molar-refractivity contribution in [1.82, 2.24) is 10.3 Å². The van der Waals surface area contributed by atoms with Crippen LogP contribution in [0.4, 0.5) is 0 Å². The lowest BCUT2D eigenvalue weighted by Gasteiger charge is -2.26. The van der Waals surface area contributed by atoms with Crippen LogP contribution in [-0.4, -0.2) is 17.6 Å². The van der Waals surface area contributed by atoms with Gasteiger partial charge in [-0.2, -0.15) is 5.26 Å². The Bertz CT molecular complexity index is 580. The lowest BCUT2D eigenvalue weighted by atomic mass is 9.84. The highest BCUT2D eigenvalue weighted by Gasteiger charge is 2.22. The van der Waals surface area contributed by atoms with Gasteiger partial charge in [-0.05, 0) is 24.6 Å². The second kappa shape index (κ2) is 4.79. The largest absolute Gasteiger partial charge is 0.443 e. The van der Waals surface area contributed by atoms with Gasteiger partial charge < -0.3 is 9.73 Å². The molecule has 1 N–H and O–H groups in total. The van der Waals surface area contributed by atoms with Crippen molar-refractivity contribution in [2.45, 2.75) is 32.2 Å². The molecule has 0 aliphatic carbocycles. The van der Waals surface area contributed by atoms with Crippen LogP contribution in [0.25, 0.3) is 11.1 Å². The van der Waals surface area contributed by atoms with Crippen molar-refractivity contribution in [3.05, 3.63) is 30.2 Å². The van der Waals surface area contributed by atoms with Crippen LogP contribution < -0.4 is 5.32 Å². The van der Waals surface area contributed by atoms with Gasteiger partial charge in [0, 0.05) is 12.0 Å². The number of nitrogens with one attached hydrogen (secondary N) is 1. The summed E-state index contributed by atoms with van der Waals surface area (Å²) >= 11 is 0. The Hall–Kier alpha value is -1.86. The second-order valence-electron chi connectivity index (χ2n) is 5.15. The topological polar surface area (TPSA) is 61.9 Å². The van der Waals surface area contributed by atoms with Gasteiger partial charge in [-0.1, -0.05) is 19.9 Å². The molecule has 2 rings (SSSR count). The van der Waals surface area contributed by atoms with Gasteiger partial charge in [0.05, 0.1) is 12.1 Å². The lowest BCUT2D eigenvalue weighted by Crippen LogP contribution is -2.37. The van der Waals surface area contributed by atoms with E-state index in [1.807, 2.05) is 19.1 Å².